The van der Waals surface area contributed by atoms with Crippen molar-refractivity contribution in [1.82, 2.24) is 9.03 Å². The van der Waals surface area contributed by atoms with Gasteiger partial charge in [0.1, 0.15) is 4.90 Å². The van der Waals surface area contributed by atoms with Crippen molar-refractivity contribution in [3.8, 4) is 0 Å². The number of rotatable bonds is 7. The van der Waals surface area contributed by atoms with E-state index in [9.17, 15) is 16.8 Å². The van der Waals surface area contributed by atoms with Crippen LogP contribution in [0, 0.1) is 0 Å². The molecular weight excluding hydrogens is 359 g/mol. The molecule has 6 nitrogen and oxygen atoms in total. The van der Waals surface area contributed by atoms with Gasteiger partial charge in [-0.3, -0.25) is 0 Å². The molecule has 0 saturated carbocycles. The van der Waals surface area contributed by atoms with Crippen molar-refractivity contribution in [2.45, 2.75) is 11.3 Å². The maximum absolute atomic E-state index is 12.1. The lowest BCUT2D eigenvalue weighted by Crippen LogP contribution is -2.31. The minimum atomic E-state index is -3.84. The molecule has 1 N–H and O–H groups in total. The van der Waals surface area contributed by atoms with Gasteiger partial charge in [0.25, 0.3) is 0 Å². The molecule has 1 aromatic rings. The van der Waals surface area contributed by atoms with Crippen molar-refractivity contribution in [1.29, 1.82) is 0 Å². The summed E-state index contributed by atoms with van der Waals surface area (Å²) in [7, 11) is -5.68. The van der Waals surface area contributed by atoms with Gasteiger partial charge < -0.3 is 0 Å². The SMILES string of the molecule is CN(CCCNS(=O)(=O)c1c(Cl)cccc1Cl)S(C)(=O)=O. The summed E-state index contributed by atoms with van der Waals surface area (Å²) >= 11 is 11.7. The van der Waals surface area contributed by atoms with Gasteiger partial charge in [-0.05, 0) is 18.6 Å². The van der Waals surface area contributed by atoms with Crippen molar-refractivity contribution in [2.75, 3.05) is 26.4 Å². The third-order valence-electron chi connectivity index (χ3n) is 2.70. The summed E-state index contributed by atoms with van der Waals surface area (Å²) < 4.78 is 50.1. The number of benzene rings is 1. The molecule has 0 amide bonds. The topological polar surface area (TPSA) is 83.6 Å². The van der Waals surface area contributed by atoms with E-state index in [0.29, 0.717) is 6.42 Å². The lowest BCUT2D eigenvalue weighted by Gasteiger charge is -2.14. The van der Waals surface area contributed by atoms with Crippen molar-refractivity contribution in [3.63, 3.8) is 0 Å². The number of nitrogens with zero attached hydrogens (tertiary/aromatic N) is 1. The zero-order chi connectivity index (χ0) is 16.3. The molecule has 0 aliphatic rings. The van der Waals surface area contributed by atoms with Crippen LogP contribution in [-0.4, -0.2) is 47.5 Å². The molecule has 0 radical (unpaired) electrons. The first-order valence-corrected chi connectivity index (χ1v) is 9.99. The second-order valence-electron chi connectivity index (χ2n) is 4.39. The fourth-order valence-corrected chi connectivity index (χ4v) is 4.16. The Hall–Kier alpha value is -0.380. The van der Waals surface area contributed by atoms with Crippen LogP contribution in [0.15, 0.2) is 23.1 Å². The Labute approximate surface area is 135 Å². The zero-order valence-corrected chi connectivity index (χ0v) is 14.7. The lowest BCUT2D eigenvalue weighted by atomic mass is 10.4. The molecule has 1 rings (SSSR count). The third-order valence-corrected chi connectivity index (χ3v) is 6.43. The van der Waals surface area contributed by atoms with Crippen LogP contribution in [-0.2, 0) is 20.0 Å². The smallest absolute Gasteiger partial charge is 0.213 e. The summed E-state index contributed by atoms with van der Waals surface area (Å²) in [6, 6.07) is 4.41. The van der Waals surface area contributed by atoms with Crippen LogP contribution in [0.1, 0.15) is 6.42 Å². The van der Waals surface area contributed by atoms with E-state index in [1.807, 2.05) is 0 Å². The summed E-state index contributed by atoms with van der Waals surface area (Å²) in [5.74, 6) is 0. The molecule has 0 spiro atoms. The van der Waals surface area contributed by atoms with Crippen molar-refractivity contribution in [3.05, 3.63) is 28.2 Å². The van der Waals surface area contributed by atoms with Gasteiger partial charge in [0, 0.05) is 20.1 Å². The second kappa shape index (κ2) is 7.26. The quantitative estimate of drug-likeness (QED) is 0.733. The summed E-state index contributed by atoms with van der Waals surface area (Å²) in [5, 5.41) is 0.0616. The van der Waals surface area contributed by atoms with Crippen LogP contribution in [0.25, 0.3) is 0 Å². The monoisotopic (exact) mass is 374 g/mol. The number of hydrogen-bond donors (Lipinski definition) is 1. The van der Waals surface area contributed by atoms with Crippen molar-refractivity contribution < 1.29 is 16.8 Å². The minimum Gasteiger partial charge on any atom is -0.213 e. The number of nitrogens with one attached hydrogen (secondary N) is 1. The lowest BCUT2D eigenvalue weighted by molar-refractivity contribution is 0.465. The molecule has 10 heteroatoms. The van der Waals surface area contributed by atoms with E-state index in [0.717, 1.165) is 10.6 Å². The van der Waals surface area contributed by atoms with E-state index in [4.69, 9.17) is 23.2 Å². The maximum atomic E-state index is 12.1. The molecule has 120 valence electrons. The predicted octanol–water partition coefficient (Wildman–Crippen LogP) is 1.55. The van der Waals surface area contributed by atoms with Crippen molar-refractivity contribution >= 4 is 43.2 Å². The fourth-order valence-electron chi connectivity index (χ4n) is 1.49. The van der Waals surface area contributed by atoms with Crippen molar-refractivity contribution in [2.24, 2.45) is 0 Å². The molecule has 0 aromatic heterocycles. The Morgan fingerprint density at radius 1 is 1.14 bits per heavy atom. The number of hydrogen-bond acceptors (Lipinski definition) is 4. The highest BCUT2D eigenvalue weighted by Gasteiger charge is 2.21. The molecule has 1 aromatic carbocycles. The number of halogens is 2. The highest BCUT2D eigenvalue weighted by atomic mass is 35.5. The Morgan fingerprint density at radius 2 is 1.67 bits per heavy atom. The molecule has 0 heterocycles. The van der Waals surface area contributed by atoms with E-state index in [1.54, 1.807) is 6.07 Å². The first-order valence-electron chi connectivity index (χ1n) is 5.90. The summed E-state index contributed by atoms with van der Waals surface area (Å²) in [6.45, 7) is 0.279. The Balaban J connectivity index is 2.67. The first-order chi connectivity index (χ1) is 9.55. The van der Waals surface area contributed by atoms with Crippen LogP contribution in [0.5, 0.6) is 0 Å². The normalized spacial score (nSPS) is 12.8. The fraction of sp³-hybridized carbons (Fsp3) is 0.455. The average Bonchev–Trinajstić information content (AvgIpc) is 2.32. The largest absolute Gasteiger partial charge is 0.243 e. The third kappa shape index (κ3) is 5.39. The van der Waals surface area contributed by atoms with E-state index in [2.05, 4.69) is 4.72 Å². The van der Waals surface area contributed by atoms with Gasteiger partial charge in [0.05, 0.1) is 16.3 Å². The molecule has 0 fully saturated rings. The van der Waals surface area contributed by atoms with E-state index >= 15 is 0 Å². The van der Waals surface area contributed by atoms with Gasteiger partial charge in [0.2, 0.25) is 20.0 Å². The molecule has 0 aliphatic heterocycles. The van der Waals surface area contributed by atoms with Gasteiger partial charge in [-0.25, -0.2) is 25.9 Å². The van der Waals surface area contributed by atoms with Gasteiger partial charge in [-0.1, -0.05) is 29.3 Å². The molecule has 21 heavy (non-hydrogen) atoms. The first kappa shape index (κ1) is 18.7. The van der Waals surface area contributed by atoms with E-state index in [1.165, 1.54) is 19.2 Å². The standard InChI is InChI=1S/C11H16Cl2N2O4S2/c1-15(20(2,16)17)8-4-7-14-21(18,19)11-9(12)5-3-6-10(11)13/h3,5-6,14H,4,7-8H2,1-2H3. The summed E-state index contributed by atoms with van der Waals surface area (Å²) in [5.41, 5.74) is 0. The van der Waals surface area contributed by atoms with Gasteiger partial charge >= 0.3 is 0 Å². The molecule has 0 saturated heterocycles. The van der Waals surface area contributed by atoms with Gasteiger partial charge in [-0.2, -0.15) is 0 Å². The Bertz CT molecular complexity index is 685. The molecule has 0 bridgehead atoms. The highest BCUT2D eigenvalue weighted by Crippen LogP contribution is 2.28. The molecule has 0 atom stereocenters. The zero-order valence-electron chi connectivity index (χ0n) is 11.5. The molecule has 0 aliphatic carbocycles. The number of sulfonamides is 2. The van der Waals surface area contributed by atoms with Crippen LogP contribution < -0.4 is 4.72 Å². The van der Waals surface area contributed by atoms with Gasteiger partial charge in [-0.15, -0.1) is 0 Å². The minimum absolute atomic E-state index is 0.0308. The summed E-state index contributed by atoms with van der Waals surface area (Å²) in [4.78, 5) is -0.176. The maximum Gasteiger partial charge on any atom is 0.243 e. The Morgan fingerprint density at radius 3 is 2.14 bits per heavy atom. The van der Waals surface area contributed by atoms with Gasteiger partial charge in [0.15, 0.2) is 0 Å². The Kier molecular flexibility index (Phi) is 6.45. The van der Waals surface area contributed by atoms with E-state index < -0.39 is 20.0 Å². The van der Waals surface area contributed by atoms with Crippen LogP contribution >= 0.6 is 23.2 Å². The van der Waals surface area contributed by atoms with E-state index in [-0.39, 0.29) is 28.0 Å². The van der Waals surface area contributed by atoms with Crippen LogP contribution in [0.3, 0.4) is 0 Å². The molecule has 0 unspecified atom stereocenters. The summed E-state index contributed by atoms with van der Waals surface area (Å²) in [6.07, 6.45) is 1.41. The molecular formula is C11H16Cl2N2O4S2. The predicted molar refractivity (Wildman–Crippen MR) is 83.7 cm³/mol. The second-order valence-corrected chi connectivity index (χ2v) is 8.99. The van der Waals surface area contributed by atoms with Crippen LogP contribution in [0.4, 0.5) is 0 Å². The highest BCUT2D eigenvalue weighted by molar-refractivity contribution is 7.89. The van der Waals surface area contributed by atoms with Crippen LogP contribution in [0.2, 0.25) is 10.0 Å². The average molecular weight is 375 g/mol.